The second kappa shape index (κ2) is 7.74. The number of aromatic nitrogens is 5. The first-order chi connectivity index (χ1) is 12.8. The van der Waals surface area contributed by atoms with Crippen LogP contribution in [-0.4, -0.2) is 31.1 Å². The Morgan fingerprint density at radius 1 is 1.27 bits per heavy atom. The number of nitrogens with one attached hydrogen (secondary N) is 1. The van der Waals surface area contributed by atoms with Gasteiger partial charge in [-0.2, -0.15) is 0 Å². The van der Waals surface area contributed by atoms with Gasteiger partial charge in [-0.15, -0.1) is 16.4 Å². The lowest BCUT2D eigenvalue weighted by Gasteiger charge is -2.12. The molecule has 0 aliphatic carbocycles. The molecule has 1 amide bonds. The maximum absolute atomic E-state index is 12.6. The highest BCUT2D eigenvalue weighted by atomic mass is 32.1. The van der Waals surface area contributed by atoms with Crippen molar-refractivity contribution in [1.29, 1.82) is 0 Å². The summed E-state index contributed by atoms with van der Waals surface area (Å²) in [5.74, 6) is 0.360. The number of hydrogen-bond donors (Lipinski definition) is 1. The third kappa shape index (κ3) is 3.80. The molecule has 2 aromatic heterocycles. The van der Waals surface area contributed by atoms with Crippen LogP contribution in [-0.2, 0) is 24.3 Å². The Balaban J connectivity index is 1.37. The van der Waals surface area contributed by atoms with Crippen molar-refractivity contribution in [1.82, 2.24) is 30.5 Å². The zero-order chi connectivity index (χ0) is 17.8. The molecule has 0 radical (unpaired) electrons. The number of benzene rings is 1. The lowest BCUT2D eigenvalue weighted by atomic mass is 10.0. The first-order valence-corrected chi connectivity index (χ1v) is 9.68. The summed E-state index contributed by atoms with van der Waals surface area (Å²) in [7, 11) is 0. The van der Waals surface area contributed by atoms with Crippen molar-refractivity contribution in [3.8, 4) is 0 Å². The van der Waals surface area contributed by atoms with Crippen LogP contribution >= 0.6 is 11.3 Å². The molecule has 0 bridgehead atoms. The van der Waals surface area contributed by atoms with E-state index in [1.807, 2.05) is 23.6 Å². The van der Waals surface area contributed by atoms with Crippen LogP contribution in [0.25, 0.3) is 0 Å². The number of amides is 1. The number of rotatable bonds is 5. The van der Waals surface area contributed by atoms with Crippen molar-refractivity contribution in [2.24, 2.45) is 0 Å². The summed E-state index contributed by atoms with van der Waals surface area (Å²) in [6.07, 6.45) is 3.58. The quantitative estimate of drug-likeness (QED) is 0.747. The van der Waals surface area contributed by atoms with Gasteiger partial charge in [0.1, 0.15) is 0 Å². The molecule has 1 atom stereocenters. The standard InChI is InChI=1S/C18H20N6OS/c25-18(15-8-4-5-9-24-17(15)21-22-23-24)19-11-14-12-26-16(20-14)10-13-6-2-1-3-7-13/h1-3,6-7,12,15H,4-5,8-11H2,(H,19,25)/t15-/m0/s1. The highest BCUT2D eigenvalue weighted by Crippen LogP contribution is 2.24. The fraction of sp³-hybridized carbons (Fsp3) is 0.389. The first-order valence-electron chi connectivity index (χ1n) is 8.80. The molecular weight excluding hydrogens is 348 g/mol. The Hall–Kier alpha value is -2.61. The van der Waals surface area contributed by atoms with Gasteiger partial charge in [-0.3, -0.25) is 4.79 Å². The Morgan fingerprint density at radius 2 is 2.15 bits per heavy atom. The number of hydrogen-bond acceptors (Lipinski definition) is 6. The van der Waals surface area contributed by atoms with E-state index in [0.717, 1.165) is 42.9 Å². The van der Waals surface area contributed by atoms with Crippen LogP contribution in [0.1, 0.15) is 47.3 Å². The molecule has 4 rings (SSSR count). The van der Waals surface area contributed by atoms with Crippen LogP contribution in [0, 0.1) is 0 Å². The van der Waals surface area contributed by atoms with E-state index in [1.54, 1.807) is 16.0 Å². The number of fused-ring (bicyclic) bond motifs is 1. The molecule has 134 valence electrons. The topological polar surface area (TPSA) is 85.6 Å². The highest BCUT2D eigenvalue weighted by molar-refractivity contribution is 7.09. The molecule has 0 unspecified atom stereocenters. The van der Waals surface area contributed by atoms with Crippen molar-refractivity contribution < 1.29 is 4.79 Å². The van der Waals surface area contributed by atoms with E-state index in [9.17, 15) is 4.79 Å². The van der Waals surface area contributed by atoms with E-state index in [-0.39, 0.29) is 11.8 Å². The van der Waals surface area contributed by atoms with Crippen LogP contribution < -0.4 is 5.32 Å². The van der Waals surface area contributed by atoms with Gasteiger partial charge in [0.2, 0.25) is 5.91 Å². The van der Waals surface area contributed by atoms with Crippen molar-refractivity contribution >= 4 is 17.2 Å². The Labute approximate surface area is 155 Å². The second-order valence-electron chi connectivity index (χ2n) is 6.42. The van der Waals surface area contributed by atoms with Crippen molar-refractivity contribution in [3.05, 3.63) is 57.8 Å². The molecule has 3 heterocycles. The predicted octanol–water partition coefficient (Wildman–Crippen LogP) is 2.30. The number of aryl methyl sites for hydroxylation is 1. The van der Waals surface area contributed by atoms with Gasteiger partial charge in [0, 0.05) is 18.3 Å². The Bertz CT molecular complexity index is 875. The Morgan fingerprint density at radius 3 is 3.04 bits per heavy atom. The summed E-state index contributed by atoms with van der Waals surface area (Å²) in [5, 5.41) is 17.8. The normalized spacial score (nSPS) is 16.7. The molecular formula is C18H20N6OS. The second-order valence-corrected chi connectivity index (χ2v) is 7.36. The van der Waals surface area contributed by atoms with Crippen LogP contribution in [0.4, 0.5) is 0 Å². The summed E-state index contributed by atoms with van der Waals surface area (Å²) in [6, 6.07) is 10.3. The van der Waals surface area contributed by atoms with Gasteiger partial charge < -0.3 is 5.32 Å². The van der Waals surface area contributed by atoms with E-state index in [4.69, 9.17) is 0 Å². The largest absolute Gasteiger partial charge is 0.350 e. The minimum Gasteiger partial charge on any atom is -0.350 e. The van der Waals surface area contributed by atoms with Gasteiger partial charge in [0.15, 0.2) is 5.82 Å². The maximum atomic E-state index is 12.6. The van der Waals surface area contributed by atoms with E-state index < -0.39 is 0 Å². The fourth-order valence-corrected chi connectivity index (χ4v) is 4.02. The van der Waals surface area contributed by atoms with Crippen molar-refractivity contribution in [3.63, 3.8) is 0 Å². The lowest BCUT2D eigenvalue weighted by Crippen LogP contribution is -2.30. The van der Waals surface area contributed by atoms with Gasteiger partial charge in [-0.25, -0.2) is 9.67 Å². The van der Waals surface area contributed by atoms with Crippen molar-refractivity contribution in [2.45, 2.75) is 44.7 Å². The lowest BCUT2D eigenvalue weighted by molar-refractivity contribution is -0.123. The molecule has 7 nitrogen and oxygen atoms in total. The average Bonchev–Trinajstić information content (AvgIpc) is 3.26. The monoisotopic (exact) mass is 368 g/mol. The summed E-state index contributed by atoms with van der Waals surface area (Å²) < 4.78 is 1.75. The smallest absolute Gasteiger partial charge is 0.231 e. The molecule has 0 spiro atoms. The fourth-order valence-electron chi connectivity index (χ4n) is 3.19. The summed E-state index contributed by atoms with van der Waals surface area (Å²) in [6.45, 7) is 1.21. The molecule has 0 saturated heterocycles. The van der Waals surface area contributed by atoms with Gasteiger partial charge in [0.25, 0.3) is 0 Å². The van der Waals surface area contributed by atoms with Gasteiger partial charge >= 0.3 is 0 Å². The average molecular weight is 368 g/mol. The van der Waals surface area contributed by atoms with Gasteiger partial charge in [-0.05, 0) is 28.8 Å². The molecule has 0 fully saturated rings. The minimum absolute atomic E-state index is 0.0273. The van der Waals surface area contributed by atoms with E-state index in [2.05, 4.69) is 38.0 Å². The molecule has 1 aliphatic heterocycles. The van der Waals surface area contributed by atoms with E-state index >= 15 is 0 Å². The molecule has 3 aromatic rings. The van der Waals surface area contributed by atoms with Crippen LogP contribution in [0.2, 0.25) is 0 Å². The summed E-state index contributed by atoms with van der Waals surface area (Å²) in [4.78, 5) is 17.3. The third-order valence-corrected chi connectivity index (χ3v) is 5.44. The summed E-state index contributed by atoms with van der Waals surface area (Å²) in [5.41, 5.74) is 2.13. The van der Waals surface area contributed by atoms with Gasteiger partial charge in [-0.1, -0.05) is 36.8 Å². The van der Waals surface area contributed by atoms with Crippen LogP contribution in [0.15, 0.2) is 35.7 Å². The number of tetrazole rings is 1. The third-order valence-electron chi connectivity index (χ3n) is 4.54. The maximum Gasteiger partial charge on any atom is 0.231 e. The van der Waals surface area contributed by atoms with Crippen LogP contribution in [0.3, 0.4) is 0 Å². The van der Waals surface area contributed by atoms with Crippen LogP contribution in [0.5, 0.6) is 0 Å². The summed E-state index contributed by atoms with van der Waals surface area (Å²) >= 11 is 1.63. The molecule has 1 aliphatic rings. The zero-order valence-electron chi connectivity index (χ0n) is 14.3. The molecule has 1 N–H and O–H groups in total. The minimum atomic E-state index is -0.282. The predicted molar refractivity (Wildman–Crippen MR) is 97.6 cm³/mol. The van der Waals surface area contributed by atoms with Gasteiger partial charge in [0.05, 0.1) is 23.2 Å². The zero-order valence-corrected chi connectivity index (χ0v) is 15.2. The Kier molecular flexibility index (Phi) is 5.01. The number of nitrogens with zero attached hydrogens (tertiary/aromatic N) is 5. The number of carbonyl (C=O) groups is 1. The molecule has 0 saturated carbocycles. The number of thiazole rings is 1. The SMILES string of the molecule is O=C(NCc1csc(Cc2ccccc2)n1)[C@H]1CCCCn2nnnc21. The highest BCUT2D eigenvalue weighted by Gasteiger charge is 2.28. The number of carbonyl (C=O) groups excluding carboxylic acids is 1. The molecule has 26 heavy (non-hydrogen) atoms. The molecule has 8 heteroatoms. The first kappa shape index (κ1) is 16.8. The van der Waals surface area contributed by atoms with E-state index in [1.165, 1.54) is 5.56 Å². The van der Waals surface area contributed by atoms with Crippen molar-refractivity contribution in [2.75, 3.05) is 0 Å². The van der Waals surface area contributed by atoms with E-state index in [0.29, 0.717) is 12.4 Å². The molecule has 1 aromatic carbocycles.